The number of aliphatic carboxylic acids is 1. The van der Waals surface area contributed by atoms with E-state index in [0.29, 0.717) is 28.3 Å². The van der Waals surface area contributed by atoms with E-state index in [1.807, 2.05) is 0 Å². The van der Waals surface area contributed by atoms with E-state index in [-0.39, 0.29) is 5.91 Å². The Labute approximate surface area is 137 Å². The van der Waals surface area contributed by atoms with E-state index in [9.17, 15) is 14.4 Å². The molecule has 0 saturated heterocycles. The fraction of sp³-hybridized carbons (Fsp3) is 0.188. The molecule has 1 aromatic heterocycles. The Bertz CT molecular complexity index is 787. The van der Waals surface area contributed by atoms with Crippen LogP contribution in [0.2, 0.25) is 0 Å². The largest absolute Gasteiger partial charge is 0.480 e. The molecule has 0 aliphatic heterocycles. The molecular weight excluding hydrogens is 312 g/mol. The number of amides is 2. The smallest absolute Gasteiger partial charge is 0.322 e. The third-order valence-electron chi connectivity index (χ3n) is 3.15. The Morgan fingerprint density at radius 3 is 2.33 bits per heavy atom. The highest BCUT2D eigenvalue weighted by molar-refractivity contribution is 6.05. The average Bonchev–Trinajstić information content (AvgIpc) is 2.53. The monoisotopic (exact) mass is 328 g/mol. The second-order valence-electron chi connectivity index (χ2n) is 5.02. The van der Waals surface area contributed by atoms with Crippen molar-refractivity contribution in [2.75, 3.05) is 11.9 Å². The molecule has 8 heteroatoms. The number of rotatable bonds is 5. The molecule has 2 aromatic rings. The SMILES string of the molecule is Cc1ncc(C(=O)Nc2ccc(C(=O)NCC(=O)O)cc2)c(C)n1. The summed E-state index contributed by atoms with van der Waals surface area (Å²) in [4.78, 5) is 42.5. The zero-order valence-electron chi connectivity index (χ0n) is 13.2. The summed E-state index contributed by atoms with van der Waals surface area (Å²) >= 11 is 0. The third-order valence-corrected chi connectivity index (χ3v) is 3.15. The van der Waals surface area contributed by atoms with Crippen LogP contribution in [0.4, 0.5) is 5.69 Å². The molecule has 0 radical (unpaired) electrons. The molecule has 1 heterocycles. The van der Waals surface area contributed by atoms with Crippen molar-refractivity contribution in [2.24, 2.45) is 0 Å². The van der Waals surface area contributed by atoms with Crippen LogP contribution >= 0.6 is 0 Å². The Morgan fingerprint density at radius 1 is 1.08 bits per heavy atom. The predicted octanol–water partition coefficient (Wildman–Crippen LogP) is 1.16. The maximum Gasteiger partial charge on any atom is 0.322 e. The maximum absolute atomic E-state index is 12.2. The predicted molar refractivity (Wildman–Crippen MR) is 85.9 cm³/mol. The minimum Gasteiger partial charge on any atom is -0.480 e. The highest BCUT2D eigenvalue weighted by Crippen LogP contribution is 2.12. The van der Waals surface area contributed by atoms with Crippen LogP contribution in [0, 0.1) is 13.8 Å². The van der Waals surface area contributed by atoms with Crippen LogP contribution in [-0.2, 0) is 4.79 Å². The first-order valence-corrected chi connectivity index (χ1v) is 7.08. The van der Waals surface area contributed by atoms with E-state index >= 15 is 0 Å². The van der Waals surface area contributed by atoms with Crippen LogP contribution in [-0.4, -0.2) is 39.4 Å². The number of carboxylic acid groups (broad SMARTS) is 1. The summed E-state index contributed by atoms with van der Waals surface area (Å²) in [5.41, 5.74) is 1.73. The van der Waals surface area contributed by atoms with E-state index in [2.05, 4.69) is 20.6 Å². The average molecular weight is 328 g/mol. The van der Waals surface area contributed by atoms with Gasteiger partial charge in [-0.15, -0.1) is 0 Å². The fourth-order valence-corrected chi connectivity index (χ4v) is 1.97. The highest BCUT2D eigenvalue weighted by atomic mass is 16.4. The van der Waals surface area contributed by atoms with Gasteiger partial charge in [-0.2, -0.15) is 0 Å². The lowest BCUT2D eigenvalue weighted by Gasteiger charge is -2.08. The summed E-state index contributed by atoms with van der Waals surface area (Å²) < 4.78 is 0. The molecule has 124 valence electrons. The van der Waals surface area contributed by atoms with E-state index < -0.39 is 18.4 Å². The summed E-state index contributed by atoms with van der Waals surface area (Å²) in [6, 6.07) is 6.09. The lowest BCUT2D eigenvalue weighted by molar-refractivity contribution is -0.135. The van der Waals surface area contributed by atoms with Gasteiger partial charge in [-0.05, 0) is 38.1 Å². The van der Waals surface area contributed by atoms with Gasteiger partial charge in [0.1, 0.15) is 12.4 Å². The van der Waals surface area contributed by atoms with Gasteiger partial charge in [0.25, 0.3) is 11.8 Å². The number of nitrogens with one attached hydrogen (secondary N) is 2. The zero-order chi connectivity index (χ0) is 17.7. The first-order chi connectivity index (χ1) is 11.4. The number of nitrogens with zero attached hydrogens (tertiary/aromatic N) is 2. The van der Waals surface area contributed by atoms with Gasteiger partial charge in [0.05, 0.1) is 11.3 Å². The van der Waals surface area contributed by atoms with Crippen LogP contribution in [0.1, 0.15) is 32.2 Å². The maximum atomic E-state index is 12.2. The molecule has 0 aliphatic carbocycles. The van der Waals surface area contributed by atoms with Crippen molar-refractivity contribution < 1.29 is 19.5 Å². The van der Waals surface area contributed by atoms with E-state index in [4.69, 9.17) is 5.11 Å². The van der Waals surface area contributed by atoms with Crippen molar-refractivity contribution in [1.82, 2.24) is 15.3 Å². The number of hydrogen-bond acceptors (Lipinski definition) is 5. The first kappa shape index (κ1) is 17.1. The second kappa shape index (κ2) is 7.32. The van der Waals surface area contributed by atoms with Crippen LogP contribution < -0.4 is 10.6 Å². The second-order valence-corrected chi connectivity index (χ2v) is 5.02. The Morgan fingerprint density at radius 2 is 1.75 bits per heavy atom. The van der Waals surface area contributed by atoms with E-state index in [1.165, 1.54) is 18.3 Å². The molecule has 2 amide bonds. The summed E-state index contributed by atoms with van der Waals surface area (Å²) in [5, 5.41) is 13.5. The van der Waals surface area contributed by atoms with Crippen molar-refractivity contribution in [2.45, 2.75) is 13.8 Å². The molecule has 0 unspecified atom stereocenters. The minimum atomic E-state index is -1.12. The Balaban J connectivity index is 2.04. The number of anilines is 1. The molecule has 2 rings (SSSR count). The van der Waals surface area contributed by atoms with Crippen LogP contribution in [0.25, 0.3) is 0 Å². The van der Waals surface area contributed by atoms with Crippen LogP contribution in [0.5, 0.6) is 0 Å². The number of carbonyl (C=O) groups excluding carboxylic acids is 2. The Hall–Kier alpha value is -3.29. The lowest BCUT2D eigenvalue weighted by Crippen LogP contribution is -2.29. The first-order valence-electron chi connectivity index (χ1n) is 7.08. The number of benzene rings is 1. The number of hydrogen-bond donors (Lipinski definition) is 3. The van der Waals surface area contributed by atoms with Crippen LogP contribution in [0.15, 0.2) is 30.5 Å². The van der Waals surface area contributed by atoms with Crippen molar-refractivity contribution in [3.05, 3.63) is 53.1 Å². The van der Waals surface area contributed by atoms with E-state index in [1.54, 1.807) is 26.0 Å². The highest BCUT2D eigenvalue weighted by Gasteiger charge is 2.12. The van der Waals surface area contributed by atoms with E-state index in [0.717, 1.165) is 0 Å². The molecule has 0 saturated carbocycles. The number of carbonyl (C=O) groups is 3. The Kier molecular flexibility index (Phi) is 5.20. The quantitative estimate of drug-likeness (QED) is 0.757. The summed E-state index contributed by atoms with van der Waals surface area (Å²) in [6.07, 6.45) is 1.46. The molecule has 0 fully saturated rings. The molecule has 1 aromatic carbocycles. The molecule has 24 heavy (non-hydrogen) atoms. The lowest BCUT2D eigenvalue weighted by atomic mass is 10.1. The fourth-order valence-electron chi connectivity index (χ4n) is 1.97. The molecule has 0 atom stereocenters. The summed E-state index contributed by atoms with van der Waals surface area (Å²) in [5.74, 6) is -1.39. The standard InChI is InChI=1S/C16H16N4O4/c1-9-13(7-17-10(2)19-9)16(24)20-12-5-3-11(4-6-12)15(23)18-8-14(21)22/h3-7H,8H2,1-2H3,(H,18,23)(H,20,24)(H,21,22). The normalized spacial score (nSPS) is 10.1. The molecule has 8 nitrogen and oxygen atoms in total. The molecule has 0 aliphatic rings. The molecule has 0 bridgehead atoms. The zero-order valence-corrected chi connectivity index (χ0v) is 13.2. The van der Waals surface area contributed by atoms with Gasteiger partial charge in [-0.3, -0.25) is 14.4 Å². The van der Waals surface area contributed by atoms with Gasteiger partial charge in [0.2, 0.25) is 0 Å². The summed E-state index contributed by atoms with van der Waals surface area (Å²) in [6.45, 7) is 3.01. The van der Waals surface area contributed by atoms with Crippen molar-refractivity contribution in [3.8, 4) is 0 Å². The number of aromatic nitrogens is 2. The van der Waals surface area contributed by atoms with Crippen LogP contribution in [0.3, 0.4) is 0 Å². The minimum absolute atomic E-state index is 0.295. The summed E-state index contributed by atoms with van der Waals surface area (Å²) in [7, 11) is 0. The van der Waals surface area contributed by atoms with Crippen molar-refractivity contribution >= 4 is 23.5 Å². The van der Waals surface area contributed by atoms with Gasteiger partial charge in [-0.25, -0.2) is 9.97 Å². The van der Waals surface area contributed by atoms with Gasteiger partial charge in [0.15, 0.2) is 0 Å². The van der Waals surface area contributed by atoms with Crippen molar-refractivity contribution in [1.29, 1.82) is 0 Å². The van der Waals surface area contributed by atoms with Gasteiger partial charge < -0.3 is 15.7 Å². The van der Waals surface area contributed by atoms with Gasteiger partial charge in [0, 0.05) is 17.4 Å². The number of aryl methyl sites for hydroxylation is 2. The van der Waals surface area contributed by atoms with Gasteiger partial charge >= 0.3 is 5.97 Å². The number of carboxylic acids is 1. The topological polar surface area (TPSA) is 121 Å². The molecular formula is C16H16N4O4. The van der Waals surface area contributed by atoms with Crippen molar-refractivity contribution in [3.63, 3.8) is 0 Å². The third kappa shape index (κ3) is 4.35. The van der Waals surface area contributed by atoms with Gasteiger partial charge in [-0.1, -0.05) is 0 Å². The molecule has 0 spiro atoms. The molecule has 3 N–H and O–H groups in total.